The van der Waals surface area contributed by atoms with Crippen LogP contribution < -0.4 is 10.0 Å². The Labute approximate surface area is 207 Å². The largest absolute Gasteiger partial charge is 0.449 e. The number of carbonyl (C=O) groups excluding carboxylic acids is 2. The summed E-state index contributed by atoms with van der Waals surface area (Å²) in [4.78, 5) is 37.4. The van der Waals surface area contributed by atoms with Crippen molar-refractivity contribution >= 4 is 44.6 Å². The Hall–Kier alpha value is -4.32. The third kappa shape index (κ3) is 5.66. The minimum absolute atomic E-state index is 0.0278. The van der Waals surface area contributed by atoms with E-state index >= 15 is 0 Å². The summed E-state index contributed by atoms with van der Waals surface area (Å²) >= 11 is 0. The molecule has 1 atom stereocenters. The first-order valence-corrected chi connectivity index (χ1v) is 12.4. The number of amides is 1. The molecule has 0 radical (unpaired) electrons. The average molecular weight is 510 g/mol. The molecule has 0 aliphatic carbocycles. The van der Waals surface area contributed by atoms with Gasteiger partial charge in [0.15, 0.2) is 18.1 Å². The molecule has 36 heavy (non-hydrogen) atoms. The highest BCUT2D eigenvalue weighted by atomic mass is 32.2. The first kappa shape index (κ1) is 24.8. The van der Waals surface area contributed by atoms with Crippen molar-refractivity contribution in [2.24, 2.45) is 0 Å². The predicted molar refractivity (Wildman–Crippen MR) is 131 cm³/mol. The van der Waals surface area contributed by atoms with Gasteiger partial charge in [0, 0.05) is 17.1 Å². The number of benzene rings is 2. The lowest BCUT2D eigenvalue weighted by Crippen LogP contribution is -2.32. The smallest absolute Gasteiger partial charge is 0.339 e. The van der Waals surface area contributed by atoms with Crippen LogP contribution in [0, 0.1) is 13.8 Å². The molecule has 11 nitrogen and oxygen atoms in total. The lowest BCUT2D eigenvalue weighted by atomic mass is 10.2. The van der Waals surface area contributed by atoms with Crippen molar-refractivity contribution in [2.45, 2.75) is 38.2 Å². The second-order valence-corrected chi connectivity index (χ2v) is 9.61. The molecule has 12 heteroatoms. The summed E-state index contributed by atoms with van der Waals surface area (Å²) in [6, 6.07) is 11.9. The van der Waals surface area contributed by atoms with Crippen molar-refractivity contribution < 1.29 is 27.2 Å². The molecule has 0 aliphatic rings. The molecule has 1 amide bonds. The van der Waals surface area contributed by atoms with Gasteiger partial charge >= 0.3 is 5.97 Å². The van der Waals surface area contributed by atoms with Crippen LogP contribution in [0.1, 0.15) is 35.1 Å². The van der Waals surface area contributed by atoms with Crippen LogP contribution in [0.2, 0.25) is 0 Å². The molecule has 0 fully saturated rings. The Morgan fingerprint density at radius 3 is 2.39 bits per heavy atom. The summed E-state index contributed by atoms with van der Waals surface area (Å²) in [6.07, 6.45) is 0.440. The number of anilines is 2. The van der Waals surface area contributed by atoms with Gasteiger partial charge in [-0.3, -0.25) is 4.79 Å². The number of esters is 1. The molecule has 2 aromatic carbocycles. The number of oxazole rings is 1. The van der Waals surface area contributed by atoms with E-state index < -0.39 is 28.0 Å². The fourth-order valence-corrected chi connectivity index (χ4v) is 4.34. The molecule has 0 aliphatic heterocycles. The Balaban J connectivity index is 1.41. The molecule has 0 saturated heterocycles. The SMILES string of the molecule is CCC(OC(=O)c1ccc2ncoc2c1)C(=O)Nc1ccc(S(=O)(=O)Nc2nc(C)cc(C)n2)cc1. The normalized spacial score (nSPS) is 12.2. The molecule has 0 bridgehead atoms. The van der Waals surface area contributed by atoms with Gasteiger partial charge < -0.3 is 14.5 Å². The minimum atomic E-state index is -3.94. The van der Waals surface area contributed by atoms with Crippen molar-refractivity contribution in [3.05, 3.63) is 71.9 Å². The molecule has 1 unspecified atom stereocenters. The fraction of sp³-hybridized carbons (Fsp3) is 0.208. The first-order chi connectivity index (χ1) is 17.1. The number of fused-ring (bicyclic) bond motifs is 1. The van der Waals surface area contributed by atoms with Crippen molar-refractivity contribution in [3.8, 4) is 0 Å². The monoisotopic (exact) mass is 509 g/mol. The highest BCUT2D eigenvalue weighted by Gasteiger charge is 2.23. The van der Waals surface area contributed by atoms with Gasteiger partial charge in [0.05, 0.1) is 10.5 Å². The zero-order chi connectivity index (χ0) is 25.9. The number of aromatic nitrogens is 3. The van der Waals surface area contributed by atoms with Crippen LogP contribution in [0.15, 0.2) is 64.2 Å². The summed E-state index contributed by atoms with van der Waals surface area (Å²) in [5.41, 5.74) is 2.83. The van der Waals surface area contributed by atoms with E-state index in [0.717, 1.165) is 0 Å². The Morgan fingerprint density at radius 1 is 1.03 bits per heavy atom. The van der Waals surface area contributed by atoms with Gasteiger partial charge in [-0.1, -0.05) is 6.92 Å². The fourth-order valence-electron chi connectivity index (χ4n) is 3.39. The standard InChI is InChI=1S/C24H23N5O6S/c1-4-20(35-23(31)16-5-10-19-21(12-16)34-13-25-19)22(30)28-17-6-8-18(9-7-17)36(32,33)29-24-26-14(2)11-15(3)27-24/h5-13,20H,4H2,1-3H3,(H,28,30)(H,26,27,29). The number of aryl methyl sites for hydroxylation is 2. The number of hydrogen-bond acceptors (Lipinski definition) is 9. The van der Waals surface area contributed by atoms with Crippen LogP contribution in [0.4, 0.5) is 11.6 Å². The van der Waals surface area contributed by atoms with Gasteiger partial charge in [-0.25, -0.2) is 32.9 Å². The maximum Gasteiger partial charge on any atom is 0.339 e. The molecular weight excluding hydrogens is 486 g/mol. The summed E-state index contributed by atoms with van der Waals surface area (Å²) < 4.78 is 38.3. The van der Waals surface area contributed by atoms with Gasteiger partial charge in [0.25, 0.3) is 15.9 Å². The van der Waals surface area contributed by atoms with Crippen LogP contribution in [0.3, 0.4) is 0 Å². The predicted octanol–water partition coefficient (Wildman–Crippen LogP) is 3.61. The number of sulfonamides is 1. The molecule has 4 rings (SSSR count). The summed E-state index contributed by atoms with van der Waals surface area (Å²) in [5.74, 6) is -1.26. The average Bonchev–Trinajstić information content (AvgIpc) is 3.29. The number of hydrogen-bond donors (Lipinski definition) is 2. The Bertz CT molecular complexity index is 1510. The lowest BCUT2D eigenvalue weighted by molar-refractivity contribution is -0.124. The zero-order valence-electron chi connectivity index (χ0n) is 19.7. The van der Waals surface area contributed by atoms with Gasteiger partial charge in [0.2, 0.25) is 5.95 Å². The van der Waals surface area contributed by atoms with Crippen LogP contribution in [-0.2, 0) is 19.6 Å². The molecule has 0 spiro atoms. The molecule has 2 aromatic heterocycles. The van der Waals surface area contributed by atoms with Crippen LogP contribution >= 0.6 is 0 Å². The van der Waals surface area contributed by atoms with Crippen LogP contribution in [0.5, 0.6) is 0 Å². The number of ether oxygens (including phenoxy) is 1. The second kappa shape index (κ2) is 10.1. The van der Waals surface area contributed by atoms with Crippen molar-refractivity contribution in [1.82, 2.24) is 15.0 Å². The van der Waals surface area contributed by atoms with E-state index in [-0.39, 0.29) is 22.8 Å². The number of nitrogens with zero attached hydrogens (tertiary/aromatic N) is 3. The zero-order valence-corrected chi connectivity index (χ0v) is 20.5. The van der Waals surface area contributed by atoms with Gasteiger partial charge in [-0.05, 0) is 68.8 Å². The lowest BCUT2D eigenvalue weighted by Gasteiger charge is -2.16. The highest BCUT2D eigenvalue weighted by molar-refractivity contribution is 7.92. The first-order valence-electron chi connectivity index (χ1n) is 10.9. The van der Waals surface area contributed by atoms with E-state index in [1.54, 1.807) is 32.9 Å². The highest BCUT2D eigenvalue weighted by Crippen LogP contribution is 2.19. The Kier molecular flexibility index (Phi) is 6.97. The summed E-state index contributed by atoms with van der Waals surface area (Å²) in [7, 11) is -3.94. The summed E-state index contributed by atoms with van der Waals surface area (Å²) in [6.45, 7) is 5.17. The molecule has 0 saturated carbocycles. The third-order valence-corrected chi connectivity index (χ3v) is 6.46. The van der Waals surface area contributed by atoms with E-state index in [2.05, 4.69) is 25.0 Å². The van der Waals surface area contributed by atoms with E-state index in [9.17, 15) is 18.0 Å². The molecule has 4 aromatic rings. The van der Waals surface area contributed by atoms with E-state index in [1.165, 1.54) is 42.8 Å². The molecular formula is C24H23N5O6S. The second-order valence-electron chi connectivity index (χ2n) is 7.93. The summed E-state index contributed by atoms with van der Waals surface area (Å²) in [5, 5.41) is 2.63. The van der Waals surface area contributed by atoms with E-state index in [4.69, 9.17) is 9.15 Å². The van der Waals surface area contributed by atoms with Gasteiger partial charge in [-0.2, -0.15) is 0 Å². The number of carbonyl (C=O) groups is 2. The molecule has 186 valence electrons. The third-order valence-electron chi connectivity index (χ3n) is 5.12. The molecule has 2 N–H and O–H groups in total. The van der Waals surface area contributed by atoms with Crippen molar-refractivity contribution in [1.29, 1.82) is 0 Å². The van der Waals surface area contributed by atoms with Crippen molar-refractivity contribution in [2.75, 3.05) is 10.0 Å². The molecule has 2 heterocycles. The van der Waals surface area contributed by atoms with Crippen molar-refractivity contribution in [3.63, 3.8) is 0 Å². The van der Waals surface area contributed by atoms with Crippen LogP contribution in [0.25, 0.3) is 11.1 Å². The van der Waals surface area contributed by atoms with E-state index in [1.807, 2.05) is 0 Å². The minimum Gasteiger partial charge on any atom is -0.449 e. The topological polar surface area (TPSA) is 153 Å². The maximum absolute atomic E-state index is 12.7. The van der Waals surface area contributed by atoms with Crippen LogP contribution in [-0.4, -0.2) is 41.4 Å². The Morgan fingerprint density at radius 2 is 1.72 bits per heavy atom. The van der Waals surface area contributed by atoms with Gasteiger partial charge in [0.1, 0.15) is 5.52 Å². The maximum atomic E-state index is 12.7. The number of nitrogens with one attached hydrogen (secondary N) is 2. The van der Waals surface area contributed by atoms with E-state index in [0.29, 0.717) is 28.2 Å². The quantitative estimate of drug-likeness (QED) is 0.339. The number of rotatable bonds is 8. The van der Waals surface area contributed by atoms with Gasteiger partial charge in [-0.15, -0.1) is 0 Å².